The molecule has 1 fully saturated rings. The average Bonchev–Trinajstić information content (AvgIpc) is 3.61. The molecule has 33 heavy (non-hydrogen) atoms. The van der Waals surface area contributed by atoms with Crippen molar-refractivity contribution < 1.29 is 9.18 Å². The summed E-state index contributed by atoms with van der Waals surface area (Å²) < 4.78 is 14.8. The van der Waals surface area contributed by atoms with Gasteiger partial charge < -0.3 is 10.2 Å². The van der Waals surface area contributed by atoms with E-state index in [4.69, 9.17) is 0 Å². The average molecular weight is 449 g/mol. The SMILES string of the molecule is CCCCC(=O)N(Cc1cc(-c2ccc3ncnc(NC(C)(C)C)c3c2)ccc1F)C1CC1. The maximum absolute atomic E-state index is 14.8. The lowest BCUT2D eigenvalue weighted by molar-refractivity contribution is -0.132. The number of carbonyl (C=O) groups excluding carboxylic acids is 1. The highest BCUT2D eigenvalue weighted by Crippen LogP contribution is 2.32. The fourth-order valence-electron chi connectivity index (χ4n) is 4.03. The second-order valence-electron chi connectivity index (χ2n) is 9.99. The van der Waals surface area contributed by atoms with Gasteiger partial charge in [-0.2, -0.15) is 0 Å². The van der Waals surface area contributed by atoms with Crippen LogP contribution < -0.4 is 5.32 Å². The number of hydrogen-bond donors (Lipinski definition) is 1. The van der Waals surface area contributed by atoms with Gasteiger partial charge in [0.15, 0.2) is 0 Å². The number of unbranched alkanes of at least 4 members (excludes halogenated alkanes) is 1. The Hall–Kier alpha value is -3.02. The van der Waals surface area contributed by atoms with Crippen molar-refractivity contribution in [2.24, 2.45) is 0 Å². The summed E-state index contributed by atoms with van der Waals surface area (Å²) in [4.78, 5) is 23.4. The number of hydrogen-bond acceptors (Lipinski definition) is 4. The molecule has 1 saturated carbocycles. The van der Waals surface area contributed by atoms with Crippen LogP contribution in [0.4, 0.5) is 10.2 Å². The van der Waals surface area contributed by atoms with Crippen molar-refractivity contribution in [1.82, 2.24) is 14.9 Å². The highest BCUT2D eigenvalue weighted by atomic mass is 19.1. The number of rotatable bonds is 8. The number of carbonyl (C=O) groups is 1. The molecule has 1 aliphatic carbocycles. The van der Waals surface area contributed by atoms with Crippen LogP contribution >= 0.6 is 0 Å². The minimum atomic E-state index is -0.271. The Morgan fingerprint density at radius 1 is 1.12 bits per heavy atom. The number of nitrogens with zero attached hydrogens (tertiary/aromatic N) is 3. The predicted octanol–water partition coefficient (Wildman–Crippen LogP) is 6.33. The molecule has 6 heteroatoms. The fraction of sp³-hybridized carbons (Fsp3) is 0.444. The Morgan fingerprint density at radius 2 is 1.85 bits per heavy atom. The molecule has 2 aromatic carbocycles. The van der Waals surface area contributed by atoms with Crippen molar-refractivity contribution in [2.75, 3.05) is 5.32 Å². The van der Waals surface area contributed by atoms with Crippen LogP contribution in [0, 0.1) is 5.82 Å². The van der Waals surface area contributed by atoms with Gasteiger partial charge in [-0.25, -0.2) is 14.4 Å². The minimum Gasteiger partial charge on any atom is -0.365 e. The van der Waals surface area contributed by atoms with Gasteiger partial charge in [0, 0.05) is 35.5 Å². The van der Waals surface area contributed by atoms with E-state index in [1.807, 2.05) is 29.2 Å². The van der Waals surface area contributed by atoms with E-state index < -0.39 is 0 Å². The summed E-state index contributed by atoms with van der Waals surface area (Å²) in [6.45, 7) is 8.66. The number of anilines is 1. The van der Waals surface area contributed by atoms with Crippen molar-refractivity contribution >= 4 is 22.6 Å². The van der Waals surface area contributed by atoms with Crippen LogP contribution in [0.5, 0.6) is 0 Å². The Kier molecular flexibility index (Phi) is 6.63. The molecule has 0 atom stereocenters. The predicted molar refractivity (Wildman–Crippen MR) is 131 cm³/mol. The maximum Gasteiger partial charge on any atom is 0.223 e. The van der Waals surface area contributed by atoms with Crippen molar-refractivity contribution in [3.05, 3.63) is 54.1 Å². The molecule has 0 bridgehead atoms. The monoisotopic (exact) mass is 448 g/mol. The van der Waals surface area contributed by atoms with Crippen LogP contribution in [0.25, 0.3) is 22.0 Å². The Bertz CT molecular complexity index is 1150. The first-order valence-electron chi connectivity index (χ1n) is 11.9. The molecule has 3 aromatic rings. The van der Waals surface area contributed by atoms with Gasteiger partial charge in [0.05, 0.1) is 5.52 Å². The summed E-state index contributed by atoms with van der Waals surface area (Å²) in [5, 5.41) is 4.36. The zero-order valence-electron chi connectivity index (χ0n) is 20.0. The molecule has 4 rings (SSSR count). The quantitative estimate of drug-likeness (QED) is 0.438. The summed E-state index contributed by atoms with van der Waals surface area (Å²) in [6.07, 6.45) is 5.96. The molecular formula is C27H33FN4O. The Balaban J connectivity index is 1.65. The topological polar surface area (TPSA) is 58.1 Å². The van der Waals surface area contributed by atoms with Crippen molar-refractivity contribution in [2.45, 2.75) is 77.9 Å². The summed E-state index contributed by atoms with van der Waals surface area (Å²) in [5.74, 6) is 0.634. The molecule has 0 spiro atoms. The van der Waals surface area contributed by atoms with Crippen LogP contribution in [0.3, 0.4) is 0 Å². The fourth-order valence-corrected chi connectivity index (χ4v) is 4.03. The van der Waals surface area contributed by atoms with Crippen LogP contribution in [0.2, 0.25) is 0 Å². The summed E-state index contributed by atoms with van der Waals surface area (Å²) in [6, 6.07) is 11.4. The molecule has 1 aliphatic rings. The molecule has 0 saturated heterocycles. The van der Waals surface area contributed by atoms with Crippen molar-refractivity contribution in [3.63, 3.8) is 0 Å². The normalized spacial score (nSPS) is 13.8. The molecule has 5 nitrogen and oxygen atoms in total. The maximum atomic E-state index is 14.8. The second kappa shape index (κ2) is 9.46. The zero-order chi connectivity index (χ0) is 23.6. The smallest absolute Gasteiger partial charge is 0.223 e. The summed E-state index contributed by atoms with van der Waals surface area (Å²) in [5.41, 5.74) is 3.14. The van der Waals surface area contributed by atoms with E-state index >= 15 is 0 Å². The van der Waals surface area contributed by atoms with Crippen molar-refractivity contribution in [3.8, 4) is 11.1 Å². The van der Waals surface area contributed by atoms with E-state index in [0.29, 0.717) is 18.5 Å². The van der Waals surface area contributed by atoms with Crippen molar-refractivity contribution in [1.29, 1.82) is 0 Å². The highest BCUT2D eigenvalue weighted by Gasteiger charge is 2.32. The summed E-state index contributed by atoms with van der Waals surface area (Å²) in [7, 11) is 0. The van der Waals surface area contributed by atoms with Gasteiger partial charge in [0.2, 0.25) is 5.91 Å². The van der Waals surface area contributed by atoms with Gasteiger partial charge in [0.1, 0.15) is 18.0 Å². The summed E-state index contributed by atoms with van der Waals surface area (Å²) >= 11 is 0. The lowest BCUT2D eigenvalue weighted by atomic mass is 10.00. The molecule has 1 heterocycles. The molecule has 0 unspecified atom stereocenters. The Morgan fingerprint density at radius 3 is 2.55 bits per heavy atom. The first-order chi connectivity index (χ1) is 15.7. The van der Waals surface area contributed by atoms with Crippen LogP contribution in [0.1, 0.15) is 65.4 Å². The largest absolute Gasteiger partial charge is 0.365 e. The van der Waals surface area contributed by atoms with E-state index in [-0.39, 0.29) is 23.3 Å². The van der Waals surface area contributed by atoms with Crippen LogP contribution in [-0.2, 0) is 11.3 Å². The molecular weight excluding hydrogens is 415 g/mol. The molecule has 0 aliphatic heterocycles. The third kappa shape index (κ3) is 5.67. The first-order valence-corrected chi connectivity index (χ1v) is 11.9. The molecule has 1 N–H and O–H groups in total. The number of aromatic nitrogens is 2. The number of benzene rings is 2. The Labute approximate surface area is 195 Å². The van der Waals surface area contributed by atoms with E-state index in [9.17, 15) is 9.18 Å². The van der Waals surface area contributed by atoms with Gasteiger partial charge in [-0.05, 0) is 75.4 Å². The number of fused-ring (bicyclic) bond motifs is 1. The van der Waals surface area contributed by atoms with E-state index in [1.165, 1.54) is 6.07 Å². The molecule has 1 amide bonds. The number of halogens is 1. The van der Waals surface area contributed by atoms with Gasteiger partial charge in [-0.1, -0.05) is 25.5 Å². The molecule has 0 radical (unpaired) electrons. The number of amides is 1. The van der Waals surface area contributed by atoms with Gasteiger partial charge in [-0.3, -0.25) is 4.79 Å². The van der Waals surface area contributed by atoms with E-state index in [1.54, 1.807) is 12.4 Å². The standard InChI is InChI=1S/C27H33FN4O/c1-5-6-7-25(33)32(21-10-11-21)16-20-14-18(8-12-23(20)28)19-9-13-24-22(15-19)26(30-17-29-24)31-27(2,3)4/h8-9,12-15,17,21H,5-7,10-11,16H2,1-4H3,(H,29,30,31). The second-order valence-corrected chi connectivity index (χ2v) is 9.99. The van der Waals surface area contributed by atoms with E-state index in [0.717, 1.165) is 53.5 Å². The third-order valence-corrected chi connectivity index (χ3v) is 5.90. The van der Waals surface area contributed by atoms with Gasteiger partial charge in [0.25, 0.3) is 0 Å². The minimum absolute atomic E-state index is 0.130. The number of nitrogens with one attached hydrogen (secondary N) is 1. The zero-order valence-corrected chi connectivity index (χ0v) is 20.0. The lowest BCUT2D eigenvalue weighted by Crippen LogP contribution is -2.32. The first kappa shape index (κ1) is 23.1. The van der Waals surface area contributed by atoms with Gasteiger partial charge >= 0.3 is 0 Å². The highest BCUT2D eigenvalue weighted by molar-refractivity contribution is 5.92. The van der Waals surface area contributed by atoms with Crippen LogP contribution in [-0.4, -0.2) is 32.4 Å². The van der Waals surface area contributed by atoms with E-state index in [2.05, 4.69) is 43.0 Å². The molecule has 174 valence electrons. The third-order valence-electron chi connectivity index (χ3n) is 5.90. The van der Waals surface area contributed by atoms with Gasteiger partial charge in [-0.15, -0.1) is 0 Å². The van der Waals surface area contributed by atoms with Crippen LogP contribution in [0.15, 0.2) is 42.7 Å². The molecule has 1 aromatic heterocycles. The lowest BCUT2D eigenvalue weighted by Gasteiger charge is -2.23.